The van der Waals surface area contributed by atoms with Crippen LogP contribution in [-0.2, 0) is 16.4 Å². The Morgan fingerprint density at radius 2 is 2.15 bits per heavy atom. The van der Waals surface area contributed by atoms with Gasteiger partial charge in [-0.05, 0) is 37.3 Å². The minimum absolute atomic E-state index is 0.0227. The molecule has 2 rings (SSSR count). The molecule has 3 N–H and O–H groups in total. The number of hydrogen-bond acceptors (Lipinski definition) is 4. The van der Waals surface area contributed by atoms with E-state index in [1.807, 2.05) is 0 Å². The highest BCUT2D eigenvalue weighted by Crippen LogP contribution is 2.24. The van der Waals surface area contributed by atoms with E-state index >= 15 is 0 Å². The van der Waals surface area contributed by atoms with Crippen molar-refractivity contribution in [1.82, 2.24) is 4.72 Å². The number of sulfonamides is 1. The number of nitrogen functional groups attached to an aromatic ring is 1. The van der Waals surface area contributed by atoms with E-state index in [0.29, 0.717) is 17.9 Å². The molecule has 7 heteroatoms. The molecule has 1 unspecified atom stereocenters. The van der Waals surface area contributed by atoms with Crippen LogP contribution in [0.15, 0.2) is 45.9 Å². The minimum atomic E-state index is -3.72. The molecule has 1 aromatic heterocycles. The maximum Gasteiger partial charge on any atom is 0.242 e. The molecular weight excluding hydrogens is 300 g/mol. The molecular formula is C13H15ClN2O3S. The Kier molecular flexibility index (Phi) is 4.37. The summed E-state index contributed by atoms with van der Waals surface area (Å²) >= 11 is 5.91. The standard InChI is InChI=1S/C13H15ClN2O3S/c1-9(7-11-3-2-6-19-11)16-20(17,18)13-8-10(15)4-5-12(13)14/h2-6,8-9,16H,7,15H2,1H3. The van der Waals surface area contributed by atoms with Crippen LogP contribution in [0.2, 0.25) is 5.02 Å². The van der Waals surface area contributed by atoms with Crippen LogP contribution in [0, 0.1) is 0 Å². The number of nitrogens with two attached hydrogens (primary N) is 1. The highest BCUT2D eigenvalue weighted by atomic mass is 35.5. The Balaban J connectivity index is 2.16. The molecule has 5 nitrogen and oxygen atoms in total. The summed E-state index contributed by atoms with van der Waals surface area (Å²) in [6, 6.07) is 7.56. The Hall–Kier alpha value is -1.50. The van der Waals surface area contributed by atoms with Crippen molar-refractivity contribution in [3.05, 3.63) is 47.4 Å². The number of halogens is 1. The van der Waals surface area contributed by atoms with Gasteiger partial charge in [0.2, 0.25) is 10.0 Å². The lowest BCUT2D eigenvalue weighted by Gasteiger charge is -2.14. The predicted octanol–water partition coefficient (Wildman–Crippen LogP) is 2.42. The third-order valence-electron chi connectivity index (χ3n) is 2.69. The lowest BCUT2D eigenvalue weighted by atomic mass is 10.2. The van der Waals surface area contributed by atoms with E-state index in [9.17, 15) is 8.42 Å². The van der Waals surface area contributed by atoms with Gasteiger partial charge in [0.15, 0.2) is 0 Å². The van der Waals surface area contributed by atoms with Crippen LogP contribution in [0.4, 0.5) is 5.69 Å². The number of furan rings is 1. The molecule has 1 aromatic carbocycles. The fourth-order valence-corrected chi connectivity index (χ4v) is 3.60. The molecule has 0 saturated heterocycles. The highest BCUT2D eigenvalue weighted by molar-refractivity contribution is 7.89. The molecule has 1 heterocycles. The van der Waals surface area contributed by atoms with Crippen molar-refractivity contribution >= 4 is 27.3 Å². The second kappa shape index (κ2) is 5.87. The second-order valence-corrected chi connectivity index (χ2v) is 6.59. The van der Waals surface area contributed by atoms with Gasteiger partial charge >= 0.3 is 0 Å². The summed E-state index contributed by atoms with van der Waals surface area (Å²) < 4.78 is 32.3. The molecule has 2 aromatic rings. The minimum Gasteiger partial charge on any atom is -0.469 e. The lowest BCUT2D eigenvalue weighted by Crippen LogP contribution is -2.34. The monoisotopic (exact) mass is 314 g/mol. The molecule has 108 valence electrons. The molecule has 0 amide bonds. The molecule has 0 aliphatic carbocycles. The maximum absolute atomic E-state index is 12.3. The summed E-state index contributed by atoms with van der Waals surface area (Å²) in [4.78, 5) is -0.0227. The van der Waals surface area contributed by atoms with Gasteiger partial charge in [-0.3, -0.25) is 0 Å². The van der Waals surface area contributed by atoms with Gasteiger partial charge in [0.1, 0.15) is 10.7 Å². The van der Waals surface area contributed by atoms with Crippen molar-refractivity contribution in [2.45, 2.75) is 24.3 Å². The van der Waals surface area contributed by atoms with Crippen molar-refractivity contribution in [1.29, 1.82) is 0 Å². The van der Waals surface area contributed by atoms with E-state index in [4.69, 9.17) is 21.8 Å². The van der Waals surface area contributed by atoms with Crippen LogP contribution in [0.1, 0.15) is 12.7 Å². The fraction of sp³-hybridized carbons (Fsp3) is 0.231. The van der Waals surface area contributed by atoms with E-state index in [0.717, 1.165) is 0 Å². The molecule has 0 bridgehead atoms. The summed E-state index contributed by atoms with van der Waals surface area (Å²) in [7, 11) is -3.72. The van der Waals surface area contributed by atoms with Gasteiger partial charge in [-0.2, -0.15) is 0 Å². The number of nitrogens with one attached hydrogen (secondary N) is 1. The molecule has 0 saturated carbocycles. The van der Waals surface area contributed by atoms with Crippen LogP contribution in [0.25, 0.3) is 0 Å². The zero-order valence-corrected chi connectivity index (χ0v) is 12.4. The van der Waals surface area contributed by atoms with Crippen molar-refractivity contribution < 1.29 is 12.8 Å². The Labute approximate surface area is 122 Å². The fourth-order valence-electron chi connectivity index (χ4n) is 1.83. The number of rotatable bonds is 5. The van der Waals surface area contributed by atoms with Crippen molar-refractivity contribution in [2.75, 3.05) is 5.73 Å². The molecule has 0 aliphatic rings. The second-order valence-electron chi connectivity index (χ2n) is 4.50. The third kappa shape index (κ3) is 3.53. The first-order chi connectivity index (χ1) is 9.38. The summed E-state index contributed by atoms with van der Waals surface area (Å²) in [5.74, 6) is 0.707. The van der Waals surface area contributed by atoms with E-state index in [-0.39, 0.29) is 16.0 Å². The van der Waals surface area contributed by atoms with E-state index in [1.165, 1.54) is 12.1 Å². The normalized spacial score (nSPS) is 13.3. The average Bonchev–Trinajstić information content (AvgIpc) is 2.84. The summed E-state index contributed by atoms with van der Waals surface area (Å²) in [5.41, 5.74) is 5.94. The summed E-state index contributed by atoms with van der Waals surface area (Å²) in [6.45, 7) is 1.75. The lowest BCUT2D eigenvalue weighted by molar-refractivity contribution is 0.479. The quantitative estimate of drug-likeness (QED) is 0.830. The Bertz CT molecular complexity index is 684. The Morgan fingerprint density at radius 3 is 2.80 bits per heavy atom. The molecule has 0 fully saturated rings. The largest absolute Gasteiger partial charge is 0.469 e. The van der Waals surface area contributed by atoms with E-state index < -0.39 is 10.0 Å². The van der Waals surface area contributed by atoms with Gasteiger partial charge in [-0.25, -0.2) is 13.1 Å². The first-order valence-electron chi connectivity index (χ1n) is 5.98. The maximum atomic E-state index is 12.3. The van der Waals surface area contributed by atoms with Crippen LogP contribution in [0.5, 0.6) is 0 Å². The average molecular weight is 315 g/mol. The van der Waals surface area contributed by atoms with Crippen molar-refractivity contribution in [3.8, 4) is 0 Å². The predicted molar refractivity (Wildman–Crippen MR) is 78.1 cm³/mol. The molecule has 1 atom stereocenters. The van der Waals surface area contributed by atoms with Gasteiger partial charge in [0.05, 0.1) is 11.3 Å². The van der Waals surface area contributed by atoms with E-state index in [2.05, 4.69) is 4.72 Å². The summed E-state index contributed by atoms with van der Waals surface area (Å²) in [6.07, 6.45) is 2.00. The van der Waals surface area contributed by atoms with Gasteiger partial charge < -0.3 is 10.2 Å². The van der Waals surface area contributed by atoms with Gasteiger partial charge in [-0.1, -0.05) is 11.6 Å². The summed E-state index contributed by atoms with van der Waals surface area (Å²) in [5, 5.41) is 0.136. The third-order valence-corrected chi connectivity index (χ3v) is 4.76. The number of benzene rings is 1. The first-order valence-corrected chi connectivity index (χ1v) is 7.84. The zero-order chi connectivity index (χ0) is 14.8. The topological polar surface area (TPSA) is 85.3 Å². The first kappa shape index (κ1) is 14.9. The zero-order valence-electron chi connectivity index (χ0n) is 10.8. The van der Waals surface area contributed by atoms with E-state index in [1.54, 1.807) is 31.4 Å². The molecule has 0 spiro atoms. The molecule has 20 heavy (non-hydrogen) atoms. The van der Waals surface area contributed by atoms with Crippen LogP contribution >= 0.6 is 11.6 Å². The van der Waals surface area contributed by atoms with Crippen molar-refractivity contribution in [2.24, 2.45) is 0 Å². The van der Waals surface area contributed by atoms with Gasteiger partial charge in [0.25, 0.3) is 0 Å². The van der Waals surface area contributed by atoms with Crippen molar-refractivity contribution in [3.63, 3.8) is 0 Å². The highest BCUT2D eigenvalue weighted by Gasteiger charge is 2.21. The van der Waals surface area contributed by atoms with Gasteiger partial charge in [0, 0.05) is 18.2 Å². The SMILES string of the molecule is CC(Cc1ccco1)NS(=O)(=O)c1cc(N)ccc1Cl. The number of anilines is 1. The number of hydrogen-bond donors (Lipinski definition) is 2. The molecule has 0 aliphatic heterocycles. The van der Waals surface area contributed by atoms with Gasteiger partial charge in [-0.15, -0.1) is 0 Å². The molecule has 0 radical (unpaired) electrons. The Morgan fingerprint density at radius 1 is 1.40 bits per heavy atom. The smallest absolute Gasteiger partial charge is 0.242 e. The van der Waals surface area contributed by atoms with Crippen LogP contribution < -0.4 is 10.5 Å². The van der Waals surface area contributed by atoms with Crippen LogP contribution in [-0.4, -0.2) is 14.5 Å². The van der Waals surface area contributed by atoms with Crippen LogP contribution in [0.3, 0.4) is 0 Å².